The van der Waals surface area contributed by atoms with Gasteiger partial charge in [-0.2, -0.15) is 4.99 Å². The Balaban J connectivity index is -0.0000000306. The van der Waals surface area contributed by atoms with E-state index in [9.17, 15) is 0 Å². The maximum absolute atomic E-state index is 8.63. The van der Waals surface area contributed by atoms with Crippen molar-refractivity contribution in [3.8, 4) is 0 Å². The molecule has 0 amide bonds. The van der Waals surface area contributed by atoms with Crippen LogP contribution in [0.25, 0.3) is 0 Å². The van der Waals surface area contributed by atoms with Crippen molar-refractivity contribution in [2.45, 2.75) is 0 Å². The van der Waals surface area contributed by atoms with E-state index >= 15 is 0 Å². The van der Waals surface area contributed by atoms with E-state index in [1.165, 1.54) is 7.05 Å². The van der Waals surface area contributed by atoms with Crippen LogP contribution in [0.2, 0.25) is 0 Å². The minimum absolute atomic E-state index is 0. The molecule has 0 aromatic heterocycles. The molecule has 0 aromatic rings. The van der Waals surface area contributed by atoms with E-state index in [1.54, 1.807) is 0 Å². The van der Waals surface area contributed by atoms with Crippen LogP contribution in [-0.4, -0.2) is 52.9 Å². The van der Waals surface area contributed by atoms with E-state index < -0.39 is 10.4 Å². The normalized spacial score (nSPS) is 8.53. The Kier molecular flexibility index (Phi) is 36.9. The molecule has 112 valence electrons. The summed E-state index contributed by atoms with van der Waals surface area (Å²) in [6.07, 6.45) is 0. The fourth-order valence-electron chi connectivity index (χ4n) is 0.182. The van der Waals surface area contributed by atoms with Crippen LogP contribution in [0.15, 0.2) is 9.98 Å². The molecule has 0 spiro atoms. The first-order valence-corrected chi connectivity index (χ1v) is 4.03. The standard InChI is InChI=1S/C3H9N5.Cu.H2O4S.3H2O/c1-7-3(6)8-2(4)5;;1-5(2,3)4;;;/h1H3,(H6,4,5,6,7,8);;(H2,1,2,3,4);3*1H2/q;+1;;;;/p-1. The van der Waals surface area contributed by atoms with E-state index in [1.807, 2.05) is 0 Å². The molecule has 0 aliphatic rings. The van der Waals surface area contributed by atoms with E-state index in [0.29, 0.717) is 0 Å². The number of hydrogen-bond acceptors (Lipinski definition) is 4. The summed E-state index contributed by atoms with van der Waals surface area (Å²) in [5.74, 6) is 0.0121. The van der Waals surface area contributed by atoms with Crippen molar-refractivity contribution < 1.29 is 51.0 Å². The van der Waals surface area contributed by atoms with Gasteiger partial charge in [-0.05, 0) is 0 Å². The average Bonchev–Trinajstić information content (AvgIpc) is 1.82. The number of rotatable bonds is 0. The molecular weight excluding hydrogens is 314 g/mol. The minimum Gasteiger partial charge on any atom is -0.726 e. The van der Waals surface area contributed by atoms with Gasteiger partial charge in [0, 0.05) is 7.05 Å². The quantitative estimate of drug-likeness (QED) is 0.110. The molecular formula is C3H16CuN5O7S. The Hall–Kier alpha value is -0.991. The third-order valence-electron chi connectivity index (χ3n) is 0.473. The summed E-state index contributed by atoms with van der Waals surface area (Å²) in [6.45, 7) is 0. The molecule has 17 heavy (non-hydrogen) atoms. The molecule has 0 fully saturated rings. The topological polar surface area (TPSA) is 275 Å². The summed E-state index contributed by atoms with van der Waals surface area (Å²) in [7, 11) is -3.41. The molecule has 0 aliphatic carbocycles. The zero-order valence-electron chi connectivity index (χ0n) is 8.51. The molecule has 13 N–H and O–H groups in total. The summed E-state index contributed by atoms with van der Waals surface area (Å²) in [5.41, 5.74) is 14.9. The number of guanidine groups is 2. The molecule has 0 bridgehead atoms. The SMILES string of the molecule is CN=C(N)N=C(N)N.O.O.O.O=S(=O)([O-])O.[Cu+]. The maximum Gasteiger partial charge on any atom is 1.00 e. The first kappa shape index (κ1) is 36.0. The predicted octanol–water partition coefficient (Wildman–Crippen LogP) is -5.27. The van der Waals surface area contributed by atoms with Crippen molar-refractivity contribution >= 4 is 22.3 Å². The smallest absolute Gasteiger partial charge is 0.726 e. The second kappa shape index (κ2) is 17.4. The van der Waals surface area contributed by atoms with Crippen molar-refractivity contribution in [3.63, 3.8) is 0 Å². The largest absolute Gasteiger partial charge is 1.00 e. The molecule has 0 saturated heterocycles. The zero-order chi connectivity index (χ0) is 11.1. The molecule has 0 atom stereocenters. The van der Waals surface area contributed by atoms with Crippen LogP contribution in [0.4, 0.5) is 0 Å². The van der Waals surface area contributed by atoms with Gasteiger partial charge in [0.05, 0.1) is 0 Å². The number of nitrogens with two attached hydrogens (primary N) is 3. The van der Waals surface area contributed by atoms with Crippen LogP contribution in [0.5, 0.6) is 0 Å². The maximum atomic E-state index is 8.63. The molecule has 0 unspecified atom stereocenters. The van der Waals surface area contributed by atoms with Crippen molar-refractivity contribution in [1.29, 1.82) is 0 Å². The summed E-state index contributed by atoms with van der Waals surface area (Å²) >= 11 is 0. The molecule has 12 nitrogen and oxygen atoms in total. The number of aliphatic imine (C=N–C) groups is 2. The van der Waals surface area contributed by atoms with E-state index in [4.69, 9.17) is 34.7 Å². The molecule has 0 saturated carbocycles. The first-order valence-electron chi connectivity index (χ1n) is 2.67. The third kappa shape index (κ3) is 101. The monoisotopic (exact) mass is 329 g/mol. The van der Waals surface area contributed by atoms with Crippen LogP contribution in [0.1, 0.15) is 0 Å². The molecule has 0 radical (unpaired) electrons. The van der Waals surface area contributed by atoms with Crippen molar-refractivity contribution in [3.05, 3.63) is 0 Å². The first-order chi connectivity index (χ1) is 5.66. The molecule has 0 heterocycles. The van der Waals surface area contributed by atoms with Gasteiger partial charge in [-0.15, -0.1) is 0 Å². The second-order valence-corrected chi connectivity index (χ2v) is 2.40. The fourth-order valence-corrected chi connectivity index (χ4v) is 0.182. The van der Waals surface area contributed by atoms with Crippen molar-refractivity contribution in [2.75, 3.05) is 7.05 Å². The summed E-state index contributed by atoms with van der Waals surface area (Å²) in [4.78, 5) is 6.87. The number of nitrogens with zero attached hydrogens (tertiary/aromatic N) is 2. The van der Waals surface area contributed by atoms with Gasteiger partial charge in [0.1, 0.15) is 0 Å². The van der Waals surface area contributed by atoms with Gasteiger partial charge in [-0.1, -0.05) is 0 Å². The van der Waals surface area contributed by atoms with Gasteiger partial charge < -0.3 is 38.2 Å². The fraction of sp³-hybridized carbons (Fsp3) is 0.333. The van der Waals surface area contributed by atoms with Gasteiger partial charge in [-0.3, -0.25) is 9.55 Å². The second-order valence-electron chi connectivity index (χ2n) is 1.55. The van der Waals surface area contributed by atoms with Gasteiger partial charge in [0.15, 0.2) is 5.96 Å². The summed E-state index contributed by atoms with van der Waals surface area (Å²) < 4.78 is 32.8. The molecule has 0 aliphatic heterocycles. The van der Waals surface area contributed by atoms with Crippen LogP contribution in [0.3, 0.4) is 0 Å². The molecule has 0 aromatic carbocycles. The van der Waals surface area contributed by atoms with E-state index in [-0.39, 0.29) is 45.4 Å². The van der Waals surface area contributed by atoms with Gasteiger partial charge in [-0.25, -0.2) is 8.42 Å². The van der Waals surface area contributed by atoms with E-state index in [0.717, 1.165) is 0 Å². The Labute approximate surface area is 108 Å². The summed E-state index contributed by atoms with van der Waals surface area (Å²) in [5, 5.41) is 0. The van der Waals surface area contributed by atoms with Gasteiger partial charge in [0.2, 0.25) is 16.4 Å². The number of hydrogen-bond donors (Lipinski definition) is 4. The molecule has 14 heteroatoms. The molecule has 0 rings (SSSR count). The van der Waals surface area contributed by atoms with Crippen LogP contribution >= 0.6 is 0 Å². The Morgan fingerprint density at radius 3 is 1.47 bits per heavy atom. The van der Waals surface area contributed by atoms with Crippen LogP contribution < -0.4 is 17.2 Å². The van der Waals surface area contributed by atoms with E-state index in [2.05, 4.69) is 9.98 Å². The van der Waals surface area contributed by atoms with Gasteiger partial charge in [0.25, 0.3) is 0 Å². The van der Waals surface area contributed by atoms with Crippen molar-refractivity contribution in [2.24, 2.45) is 27.2 Å². The predicted molar refractivity (Wildman–Crippen MR) is 56.5 cm³/mol. The Morgan fingerprint density at radius 1 is 1.18 bits per heavy atom. The average molecular weight is 330 g/mol. The van der Waals surface area contributed by atoms with Crippen molar-refractivity contribution in [1.82, 2.24) is 0 Å². The van der Waals surface area contributed by atoms with Crippen LogP contribution in [0, 0.1) is 0 Å². The minimum atomic E-state index is -4.92. The summed E-state index contributed by atoms with van der Waals surface area (Å²) in [6, 6.07) is 0. The zero-order valence-corrected chi connectivity index (χ0v) is 10.3. The Morgan fingerprint density at radius 2 is 1.41 bits per heavy atom. The van der Waals surface area contributed by atoms with Gasteiger partial charge >= 0.3 is 17.1 Å². The van der Waals surface area contributed by atoms with Crippen LogP contribution in [-0.2, 0) is 27.5 Å². The third-order valence-corrected chi connectivity index (χ3v) is 0.473. The Bertz CT molecular complexity index is 291.